The van der Waals surface area contributed by atoms with E-state index in [0.29, 0.717) is 5.76 Å². The lowest BCUT2D eigenvalue weighted by Crippen LogP contribution is -2.28. The Morgan fingerprint density at radius 1 is 1.19 bits per heavy atom. The number of rotatable bonds is 7. The first-order valence-corrected chi connectivity index (χ1v) is 12.1. The van der Waals surface area contributed by atoms with E-state index in [9.17, 15) is 0 Å². The molecular weight excluding hydrogens is 420 g/mol. The minimum absolute atomic E-state index is 0.282. The van der Waals surface area contributed by atoms with Gasteiger partial charge in [-0.25, -0.2) is 4.98 Å². The number of fused-ring (bicyclic) bond motifs is 2. The maximum Gasteiger partial charge on any atom is 0.202 e. The van der Waals surface area contributed by atoms with Crippen molar-refractivity contribution in [1.82, 2.24) is 29.6 Å². The van der Waals surface area contributed by atoms with Crippen molar-refractivity contribution in [2.24, 2.45) is 13.0 Å². The standard InChI is InChI=1S/C24H26N6OS/c1-16-21(31-15-25-16)22-27-28-23(29(22)2)32-11-5-10-30-13-18-12-24(18,14-30)20-9-8-17-6-3-4-7-19(17)26-20/h3-4,6-9,15,18H,5,10-14H2,1-2H3/t18-,24+/m0/s1. The maximum absolute atomic E-state index is 5.47. The summed E-state index contributed by atoms with van der Waals surface area (Å²) in [6, 6.07) is 12.9. The summed E-state index contributed by atoms with van der Waals surface area (Å²) in [6.45, 7) is 5.36. The number of hydrogen-bond donors (Lipinski definition) is 0. The summed E-state index contributed by atoms with van der Waals surface area (Å²) in [4.78, 5) is 11.8. The van der Waals surface area contributed by atoms with Crippen molar-refractivity contribution in [3.8, 4) is 11.6 Å². The van der Waals surface area contributed by atoms with Crippen molar-refractivity contribution in [3.63, 3.8) is 0 Å². The van der Waals surface area contributed by atoms with Crippen LogP contribution >= 0.6 is 11.8 Å². The van der Waals surface area contributed by atoms with Crippen LogP contribution in [0.15, 0.2) is 52.4 Å². The van der Waals surface area contributed by atoms with Gasteiger partial charge in [0, 0.05) is 42.4 Å². The topological polar surface area (TPSA) is 72.9 Å². The Labute approximate surface area is 191 Å². The van der Waals surface area contributed by atoms with Gasteiger partial charge in [0.2, 0.25) is 5.82 Å². The van der Waals surface area contributed by atoms with Crippen molar-refractivity contribution in [1.29, 1.82) is 0 Å². The van der Waals surface area contributed by atoms with E-state index in [2.05, 4.69) is 56.5 Å². The zero-order valence-electron chi connectivity index (χ0n) is 18.4. The summed E-state index contributed by atoms with van der Waals surface area (Å²) >= 11 is 1.75. The minimum atomic E-state index is 0.282. The second-order valence-electron chi connectivity index (χ2n) is 9.02. The summed E-state index contributed by atoms with van der Waals surface area (Å²) in [5, 5.41) is 10.8. The fraction of sp³-hybridized carbons (Fsp3) is 0.417. The average molecular weight is 447 g/mol. The molecule has 4 heterocycles. The minimum Gasteiger partial charge on any atom is -0.440 e. The molecular formula is C24H26N6OS. The molecule has 32 heavy (non-hydrogen) atoms. The summed E-state index contributed by atoms with van der Waals surface area (Å²) < 4.78 is 7.46. The van der Waals surface area contributed by atoms with Gasteiger partial charge in [0.1, 0.15) is 0 Å². The summed E-state index contributed by atoms with van der Waals surface area (Å²) in [7, 11) is 1.98. The predicted octanol–water partition coefficient (Wildman–Crippen LogP) is 4.08. The fourth-order valence-electron chi connectivity index (χ4n) is 5.10. The van der Waals surface area contributed by atoms with Gasteiger partial charge in [-0.2, -0.15) is 0 Å². The number of thioether (sulfide) groups is 1. The van der Waals surface area contributed by atoms with Crippen LogP contribution in [-0.2, 0) is 12.5 Å². The normalized spacial score (nSPS) is 22.5. The van der Waals surface area contributed by atoms with Gasteiger partial charge in [0.05, 0.1) is 11.2 Å². The van der Waals surface area contributed by atoms with E-state index < -0.39 is 0 Å². The van der Waals surface area contributed by atoms with E-state index in [4.69, 9.17) is 9.40 Å². The largest absolute Gasteiger partial charge is 0.440 e. The van der Waals surface area contributed by atoms with Crippen LogP contribution in [0.1, 0.15) is 24.2 Å². The molecule has 1 saturated carbocycles. The SMILES string of the molecule is Cc1ncoc1-c1nnc(SCCCN2C[C@@H]3C[C@@]3(c3ccc4ccccc4n3)C2)n1C. The zero-order valence-corrected chi connectivity index (χ0v) is 19.2. The highest BCUT2D eigenvalue weighted by atomic mass is 32.2. The Morgan fingerprint density at radius 3 is 2.97 bits per heavy atom. The van der Waals surface area contributed by atoms with Crippen molar-refractivity contribution < 1.29 is 4.42 Å². The van der Waals surface area contributed by atoms with Crippen LogP contribution < -0.4 is 0 Å². The fourth-order valence-corrected chi connectivity index (χ4v) is 5.94. The van der Waals surface area contributed by atoms with Crippen molar-refractivity contribution in [2.45, 2.75) is 30.3 Å². The van der Waals surface area contributed by atoms with Crippen LogP contribution in [-0.4, -0.2) is 55.0 Å². The Kier molecular flexibility index (Phi) is 4.80. The highest BCUT2D eigenvalue weighted by Crippen LogP contribution is 2.58. The second kappa shape index (κ2) is 7.71. The Morgan fingerprint density at radius 2 is 2.09 bits per heavy atom. The van der Waals surface area contributed by atoms with Gasteiger partial charge >= 0.3 is 0 Å². The Bertz CT molecular complexity index is 1280. The molecule has 6 rings (SSSR count). The van der Waals surface area contributed by atoms with Gasteiger partial charge < -0.3 is 13.9 Å². The molecule has 0 unspecified atom stereocenters. The zero-order chi connectivity index (χ0) is 21.7. The number of nitrogens with zero attached hydrogens (tertiary/aromatic N) is 6. The van der Waals surface area contributed by atoms with Gasteiger partial charge in [-0.15, -0.1) is 10.2 Å². The molecule has 0 radical (unpaired) electrons. The first-order valence-electron chi connectivity index (χ1n) is 11.2. The van der Waals surface area contributed by atoms with Crippen LogP contribution in [0.25, 0.3) is 22.5 Å². The molecule has 7 nitrogen and oxygen atoms in total. The monoisotopic (exact) mass is 446 g/mol. The van der Waals surface area contributed by atoms with E-state index in [-0.39, 0.29) is 5.41 Å². The number of benzene rings is 1. The number of aromatic nitrogens is 5. The van der Waals surface area contributed by atoms with Crippen molar-refractivity contribution >= 4 is 22.7 Å². The number of para-hydroxylation sites is 1. The summed E-state index contributed by atoms with van der Waals surface area (Å²) in [5.41, 5.74) is 3.51. The van der Waals surface area contributed by atoms with Crippen LogP contribution in [0, 0.1) is 12.8 Å². The maximum atomic E-state index is 5.47. The highest BCUT2D eigenvalue weighted by Gasteiger charge is 2.61. The number of oxazole rings is 1. The molecule has 3 aromatic heterocycles. The first kappa shape index (κ1) is 19.9. The van der Waals surface area contributed by atoms with Gasteiger partial charge in [0.25, 0.3) is 0 Å². The highest BCUT2D eigenvalue weighted by molar-refractivity contribution is 7.99. The van der Waals surface area contributed by atoms with Crippen LogP contribution in [0.3, 0.4) is 0 Å². The number of pyridine rings is 1. The molecule has 0 spiro atoms. The van der Waals surface area contributed by atoms with Crippen LogP contribution in [0.2, 0.25) is 0 Å². The number of hydrogen-bond acceptors (Lipinski definition) is 7. The molecule has 1 saturated heterocycles. The van der Waals surface area contributed by atoms with Gasteiger partial charge in [-0.1, -0.05) is 36.0 Å². The number of likely N-dealkylation sites (tertiary alicyclic amines) is 1. The van der Waals surface area contributed by atoms with Gasteiger partial charge in [-0.05, 0) is 44.4 Å². The lowest BCUT2D eigenvalue weighted by atomic mass is 10.00. The first-order chi connectivity index (χ1) is 15.6. The number of aryl methyl sites for hydroxylation is 1. The summed E-state index contributed by atoms with van der Waals surface area (Å²) in [6.07, 6.45) is 3.86. The van der Waals surface area contributed by atoms with E-state index in [1.807, 2.05) is 18.5 Å². The average Bonchev–Trinajstić information content (AvgIpc) is 3.10. The second-order valence-corrected chi connectivity index (χ2v) is 10.1. The molecule has 1 aromatic carbocycles. The molecule has 0 N–H and O–H groups in total. The van der Waals surface area contributed by atoms with Crippen molar-refractivity contribution in [3.05, 3.63) is 54.2 Å². The van der Waals surface area contributed by atoms with Gasteiger partial charge in [0.15, 0.2) is 17.3 Å². The molecule has 2 aliphatic rings. The van der Waals surface area contributed by atoms with E-state index >= 15 is 0 Å². The molecule has 2 fully saturated rings. The molecule has 0 bridgehead atoms. The molecule has 4 aromatic rings. The molecule has 8 heteroatoms. The van der Waals surface area contributed by atoms with E-state index in [0.717, 1.165) is 53.4 Å². The van der Waals surface area contributed by atoms with Crippen molar-refractivity contribution in [2.75, 3.05) is 25.4 Å². The van der Waals surface area contributed by atoms with Gasteiger partial charge in [-0.3, -0.25) is 4.98 Å². The Balaban J connectivity index is 1.04. The third-order valence-corrected chi connectivity index (χ3v) is 8.06. The molecule has 164 valence electrons. The molecule has 1 aliphatic carbocycles. The van der Waals surface area contributed by atoms with E-state index in [1.54, 1.807) is 11.8 Å². The number of piperidine rings is 1. The third-order valence-electron chi connectivity index (χ3n) is 6.96. The lowest BCUT2D eigenvalue weighted by molar-refractivity contribution is 0.299. The third kappa shape index (κ3) is 3.33. The Hall–Kier alpha value is -2.71. The molecule has 1 aliphatic heterocycles. The smallest absolute Gasteiger partial charge is 0.202 e. The molecule has 0 amide bonds. The summed E-state index contributed by atoms with van der Waals surface area (Å²) in [5.74, 6) is 3.20. The van der Waals surface area contributed by atoms with E-state index in [1.165, 1.54) is 30.4 Å². The lowest BCUT2D eigenvalue weighted by Gasteiger charge is -2.20. The molecule has 2 atom stereocenters. The quantitative estimate of drug-likeness (QED) is 0.313. The van der Waals surface area contributed by atoms with Crippen LogP contribution in [0.5, 0.6) is 0 Å². The van der Waals surface area contributed by atoms with Crippen LogP contribution in [0.4, 0.5) is 0 Å². The predicted molar refractivity (Wildman–Crippen MR) is 125 cm³/mol.